The van der Waals surface area contributed by atoms with Gasteiger partial charge in [-0.25, -0.2) is 0 Å². The van der Waals surface area contributed by atoms with Gasteiger partial charge >= 0.3 is 0 Å². The molecule has 1 rings (SSSR count). The minimum Gasteiger partial charge on any atom is -0.507 e. The Morgan fingerprint density at radius 1 is 1.13 bits per heavy atom. The van der Waals surface area contributed by atoms with Gasteiger partial charge in [-0.15, -0.1) is 0 Å². The molecule has 0 aliphatic rings. The number of allylic oxidation sites excluding steroid dienone is 2. The van der Waals surface area contributed by atoms with Crippen LogP contribution in [0, 0.1) is 0 Å². The lowest BCUT2D eigenvalue weighted by atomic mass is 9.93. The third-order valence-corrected chi connectivity index (χ3v) is 2.69. The average molecular weight is 204 g/mol. The van der Waals surface area contributed by atoms with Crippen LogP contribution in [0.2, 0.25) is 0 Å². The quantitative estimate of drug-likeness (QED) is 0.732. The van der Waals surface area contributed by atoms with Crippen molar-refractivity contribution in [2.75, 3.05) is 0 Å². The fraction of sp³-hybridized carbons (Fsp3) is 0.429. The van der Waals surface area contributed by atoms with Crippen molar-refractivity contribution in [2.45, 2.75) is 39.5 Å². The van der Waals surface area contributed by atoms with Gasteiger partial charge in [0.05, 0.1) is 0 Å². The van der Waals surface area contributed by atoms with Gasteiger partial charge in [0.25, 0.3) is 0 Å². The van der Waals surface area contributed by atoms with E-state index in [9.17, 15) is 5.11 Å². The molecule has 0 aliphatic carbocycles. The Morgan fingerprint density at radius 3 is 2.27 bits per heavy atom. The summed E-state index contributed by atoms with van der Waals surface area (Å²) in [5.41, 5.74) is 2.04. The van der Waals surface area contributed by atoms with Gasteiger partial charge in [-0.1, -0.05) is 51.1 Å². The maximum atomic E-state index is 10.1. The lowest BCUT2D eigenvalue weighted by Crippen LogP contribution is -1.95. The Balaban J connectivity index is 3.14. The molecule has 1 nitrogen and oxygen atoms in total. The molecule has 0 radical (unpaired) electrons. The second-order valence-corrected chi connectivity index (χ2v) is 4.25. The molecule has 0 saturated heterocycles. The fourth-order valence-corrected chi connectivity index (χ4v) is 1.81. The maximum Gasteiger partial charge on any atom is 0.122 e. The van der Waals surface area contributed by atoms with E-state index < -0.39 is 0 Å². The van der Waals surface area contributed by atoms with E-state index in [1.807, 2.05) is 31.2 Å². The highest BCUT2D eigenvalue weighted by molar-refractivity contribution is 5.44. The summed E-state index contributed by atoms with van der Waals surface area (Å²) in [6.45, 7) is 8.29. The molecule has 1 N–H and O–H groups in total. The Hall–Kier alpha value is -1.24. The Bertz CT molecular complexity index is 350. The summed E-state index contributed by atoms with van der Waals surface area (Å²) in [5.74, 6) is 1.09. The summed E-state index contributed by atoms with van der Waals surface area (Å²) in [4.78, 5) is 0. The van der Waals surface area contributed by atoms with Crippen molar-refractivity contribution in [3.05, 3.63) is 41.5 Å². The normalized spacial score (nSPS) is 13.7. The second-order valence-electron chi connectivity index (χ2n) is 4.25. The number of para-hydroxylation sites is 1. The SMILES string of the molecule is C/C=C/C(C)c1cccc(C(C)C)c1O. The first-order valence-electron chi connectivity index (χ1n) is 5.52. The predicted molar refractivity (Wildman–Crippen MR) is 65.4 cm³/mol. The highest BCUT2D eigenvalue weighted by atomic mass is 16.3. The highest BCUT2D eigenvalue weighted by Crippen LogP contribution is 2.33. The van der Waals surface area contributed by atoms with Crippen LogP contribution in [-0.4, -0.2) is 5.11 Å². The van der Waals surface area contributed by atoms with E-state index in [-0.39, 0.29) is 5.92 Å². The van der Waals surface area contributed by atoms with Crippen molar-refractivity contribution >= 4 is 0 Å². The Labute approximate surface area is 92.5 Å². The summed E-state index contributed by atoms with van der Waals surface area (Å²) >= 11 is 0. The number of hydrogen-bond donors (Lipinski definition) is 1. The molecule has 1 aromatic carbocycles. The zero-order valence-corrected chi connectivity index (χ0v) is 9.99. The van der Waals surface area contributed by atoms with Crippen LogP contribution in [0.3, 0.4) is 0 Å². The zero-order valence-electron chi connectivity index (χ0n) is 9.99. The van der Waals surface area contributed by atoms with E-state index in [4.69, 9.17) is 0 Å². The van der Waals surface area contributed by atoms with Crippen LogP contribution < -0.4 is 0 Å². The summed E-state index contributed by atoms with van der Waals surface area (Å²) in [6, 6.07) is 6.00. The van der Waals surface area contributed by atoms with E-state index in [2.05, 4.69) is 26.8 Å². The van der Waals surface area contributed by atoms with Crippen molar-refractivity contribution in [3.8, 4) is 5.75 Å². The van der Waals surface area contributed by atoms with Gasteiger partial charge in [-0.05, 0) is 18.4 Å². The number of rotatable bonds is 3. The first-order valence-corrected chi connectivity index (χ1v) is 5.52. The molecule has 1 heteroatoms. The second kappa shape index (κ2) is 5.01. The van der Waals surface area contributed by atoms with Crippen LogP contribution >= 0.6 is 0 Å². The molecule has 0 saturated carbocycles. The summed E-state index contributed by atoms with van der Waals surface area (Å²) in [7, 11) is 0. The molecule has 15 heavy (non-hydrogen) atoms. The van der Waals surface area contributed by atoms with Crippen LogP contribution in [0.1, 0.15) is 50.7 Å². The molecule has 1 atom stereocenters. The minimum atomic E-state index is 0.272. The summed E-state index contributed by atoms with van der Waals surface area (Å²) in [6.07, 6.45) is 4.12. The third-order valence-electron chi connectivity index (χ3n) is 2.69. The molecule has 1 aromatic rings. The Kier molecular flexibility index (Phi) is 3.96. The van der Waals surface area contributed by atoms with E-state index in [1.54, 1.807) is 0 Å². The molecule has 0 aliphatic heterocycles. The molecule has 0 amide bonds. The molecule has 0 bridgehead atoms. The zero-order chi connectivity index (χ0) is 11.4. The smallest absolute Gasteiger partial charge is 0.122 e. The molecule has 0 spiro atoms. The van der Waals surface area contributed by atoms with Gasteiger partial charge < -0.3 is 5.11 Å². The van der Waals surface area contributed by atoms with Gasteiger partial charge in [-0.3, -0.25) is 0 Å². The molecular formula is C14H20O. The maximum absolute atomic E-state index is 10.1. The van der Waals surface area contributed by atoms with Crippen molar-refractivity contribution in [2.24, 2.45) is 0 Å². The highest BCUT2D eigenvalue weighted by Gasteiger charge is 2.12. The average Bonchev–Trinajstić information content (AvgIpc) is 2.17. The van der Waals surface area contributed by atoms with Crippen LogP contribution in [-0.2, 0) is 0 Å². The van der Waals surface area contributed by atoms with Gasteiger partial charge in [0.2, 0.25) is 0 Å². The number of benzene rings is 1. The predicted octanol–water partition coefficient (Wildman–Crippen LogP) is 4.20. The largest absolute Gasteiger partial charge is 0.507 e. The molecular weight excluding hydrogens is 184 g/mol. The minimum absolute atomic E-state index is 0.272. The Morgan fingerprint density at radius 2 is 1.73 bits per heavy atom. The van der Waals surface area contributed by atoms with E-state index >= 15 is 0 Å². The van der Waals surface area contributed by atoms with Crippen LogP contribution in [0.4, 0.5) is 0 Å². The lowest BCUT2D eigenvalue weighted by Gasteiger charge is -2.15. The van der Waals surface area contributed by atoms with Crippen LogP contribution in [0.25, 0.3) is 0 Å². The molecule has 1 unspecified atom stereocenters. The van der Waals surface area contributed by atoms with E-state index in [1.165, 1.54) is 0 Å². The molecule has 82 valence electrons. The van der Waals surface area contributed by atoms with E-state index in [0.29, 0.717) is 11.7 Å². The lowest BCUT2D eigenvalue weighted by molar-refractivity contribution is 0.456. The number of aromatic hydroxyl groups is 1. The summed E-state index contributed by atoms with van der Waals surface area (Å²) < 4.78 is 0. The number of phenolic OH excluding ortho intramolecular Hbond substituents is 1. The number of phenols is 1. The molecule has 0 heterocycles. The topological polar surface area (TPSA) is 20.2 Å². The van der Waals surface area contributed by atoms with Crippen LogP contribution in [0.15, 0.2) is 30.4 Å². The van der Waals surface area contributed by atoms with Crippen LogP contribution in [0.5, 0.6) is 5.75 Å². The van der Waals surface area contributed by atoms with E-state index in [0.717, 1.165) is 11.1 Å². The van der Waals surface area contributed by atoms with Gasteiger partial charge in [0.1, 0.15) is 5.75 Å². The van der Waals surface area contributed by atoms with Gasteiger partial charge in [-0.2, -0.15) is 0 Å². The fourth-order valence-electron chi connectivity index (χ4n) is 1.81. The van der Waals surface area contributed by atoms with Gasteiger partial charge in [0.15, 0.2) is 0 Å². The molecule has 0 fully saturated rings. The van der Waals surface area contributed by atoms with Gasteiger partial charge in [0, 0.05) is 11.5 Å². The number of hydrogen-bond acceptors (Lipinski definition) is 1. The van der Waals surface area contributed by atoms with Crippen molar-refractivity contribution in [3.63, 3.8) is 0 Å². The standard InChI is InChI=1S/C14H20O/c1-5-7-11(4)13-9-6-8-12(10(2)3)14(13)15/h5-11,15H,1-4H3/b7-5+. The third kappa shape index (κ3) is 2.62. The monoisotopic (exact) mass is 204 g/mol. The van der Waals surface area contributed by atoms with Crippen molar-refractivity contribution in [1.29, 1.82) is 0 Å². The molecule has 0 aromatic heterocycles. The first-order chi connectivity index (χ1) is 7.07. The van der Waals surface area contributed by atoms with Crippen molar-refractivity contribution in [1.82, 2.24) is 0 Å². The first kappa shape index (κ1) is 11.8. The van der Waals surface area contributed by atoms with Crippen molar-refractivity contribution < 1.29 is 5.11 Å². The summed E-state index contributed by atoms with van der Waals surface area (Å²) in [5, 5.41) is 10.1.